The second kappa shape index (κ2) is 4.71. The zero-order chi connectivity index (χ0) is 13.3. The molecule has 0 saturated heterocycles. The quantitative estimate of drug-likeness (QED) is 0.840. The lowest BCUT2D eigenvalue weighted by Crippen LogP contribution is -2.29. The highest BCUT2D eigenvalue weighted by Crippen LogP contribution is 2.23. The van der Waals surface area contributed by atoms with Gasteiger partial charge in [0.05, 0.1) is 4.90 Å². The summed E-state index contributed by atoms with van der Waals surface area (Å²) >= 11 is 0. The first-order valence-electron chi connectivity index (χ1n) is 5.83. The average Bonchev–Trinajstić information content (AvgIpc) is 2.79. The highest BCUT2D eigenvalue weighted by Gasteiger charge is 2.27. The zero-order valence-electron chi connectivity index (χ0n) is 10.7. The summed E-state index contributed by atoms with van der Waals surface area (Å²) in [5.41, 5.74) is 2.98. The molecule has 2 rings (SSSR count). The van der Waals surface area contributed by atoms with Crippen LogP contribution in [0.1, 0.15) is 12.5 Å². The summed E-state index contributed by atoms with van der Waals surface area (Å²) < 4.78 is 26.2. The van der Waals surface area contributed by atoms with E-state index in [2.05, 4.69) is 6.58 Å². The van der Waals surface area contributed by atoms with Crippen LogP contribution in [0.3, 0.4) is 0 Å². The Kier molecular flexibility index (Phi) is 3.41. The van der Waals surface area contributed by atoms with Gasteiger partial charge in [0.2, 0.25) is 10.0 Å². The van der Waals surface area contributed by atoms with Crippen LogP contribution in [0.2, 0.25) is 0 Å². The molecule has 0 aliphatic carbocycles. The molecule has 96 valence electrons. The molecule has 1 aromatic rings. The Morgan fingerprint density at radius 3 is 2.39 bits per heavy atom. The Morgan fingerprint density at radius 2 is 1.89 bits per heavy atom. The molecule has 0 fully saturated rings. The van der Waals surface area contributed by atoms with Gasteiger partial charge in [-0.2, -0.15) is 4.31 Å². The lowest BCUT2D eigenvalue weighted by molar-refractivity contribution is 0.485. The SMILES string of the molecule is C=C(C)C1=CCN(S(=O)(=O)c2ccc(C)cc2)C1. The molecular weight excluding hydrogens is 246 g/mol. The third-order valence-corrected chi connectivity index (χ3v) is 4.92. The van der Waals surface area contributed by atoms with Crippen molar-refractivity contribution in [3.05, 3.63) is 53.6 Å². The Bertz CT molecular complexity index is 597. The van der Waals surface area contributed by atoms with E-state index in [4.69, 9.17) is 0 Å². The smallest absolute Gasteiger partial charge is 0.207 e. The fourth-order valence-corrected chi connectivity index (χ4v) is 3.24. The Labute approximate surface area is 108 Å². The molecule has 4 heteroatoms. The van der Waals surface area contributed by atoms with Crippen LogP contribution in [0.5, 0.6) is 0 Å². The van der Waals surface area contributed by atoms with Crippen LogP contribution >= 0.6 is 0 Å². The van der Waals surface area contributed by atoms with Gasteiger partial charge >= 0.3 is 0 Å². The maximum Gasteiger partial charge on any atom is 0.243 e. The topological polar surface area (TPSA) is 37.4 Å². The van der Waals surface area contributed by atoms with Crippen LogP contribution in [0, 0.1) is 6.92 Å². The van der Waals surface area contributed by atoms with E-state index in [0.29, 0.717) is 18.0 Å². The van der Waals surface area contributed by atoms with Crippen molar-refractivity contribution in [1.82, 2.24) is 4.31 Å². The van der Waals surface area contributed by atoms with Gasteiger partial charge in [0.15, 0.2) is 0 Å². The van der Waals surface area contributed by atoms with Gasteiger partial charge in [0, 0.05) is 13.1 Å². The van der Waals surface area contributed by atoms with Crippen LogP contribution in [-0.2, 0) is 10.0 Å². The molecule has 0 N–H and O–H groups in total. The minimum Gasteiger partial charge on any atom is -0.207 e. The fraction of sp³-hybridized carbons (Fsp3) is 0.286. The van der Waals surface area contributed by atoms with E-state index in [1.54, 1.807) is 12.1 Å². The highest BCUT2D eigenvalue weighted by molar-refractivity contribution is 7.89. The van der Waals surface area contributed by atoms with Crippen molar-refractivity contribution in [3.8, 4) is 0 Å². The summed E-state index contributed by atoms with van der Waals surface area (Å²) in [4.78, 5) is 0.351. The van der Waals surface area contributed by atoms with Crippen molar-refractivity contribution < 1.29 is 8.42 Å². The molecule has 1 heterocycles. The van der Waals surface area contributed by atoms with Crippen molar-refractivity contribution in [2.75, 3.05) is 13.1 Å². The van der Waals surface area contributed by atoms with E-state index in [0.717, 1.165) is 16.7 Å². The van der Waals surface area contributed by atoms with Crippen LogP contribution in [0.15, 0.2) is 53.0 Å². The molecule has 0 spiro atoms. The van der Waals surface area contributed by atoms with Crippen molar-refractivity contribution in [1.29, 1.82) is 0 Å². The Balaban J connectivity index is 2.24. The van der Waals surface area contributed by atoms with Crippen molar-refractivity contribution >= 4 is 10.0 Å². The number of rotatable bonds is 3. The molecule has 0 atom stereocenters. The molecular formula is C14H17NO2S. The summed E-state index contributed by atoms with van der Waals surface area (Å²) in [6.07, 6.45) is 1.92. The highest BCUT2D eigenvalue weighted by atomic mass is 32.2. The number of hydrogen-bond donors (Lipinski definition) is 0. The second-order valence-electron chi connectivity index (χ2n) is 4.62. The lowest BCUT2D eigenvalue weighted by Gasteiger charge is -2.16. The van der Waals surface area contributed by atoms with Crippen LogP contribution in [-0.4, -0.2) is 25.8 Å². The van der Waals surface area contributed by atoms with E-state index < -0.39 is 10.0 Å². The van der Waals surface area contributed by atoms with Crippen molar-refractivity contribution in [2.24, 2.45) is 0 Å². The number of benzene rings is 1. The average molecular weight is 263 g/mol. The molecule has 1 aromatic carbocycles. The second-order valence-corrected chi connectivity index (χ2v) is 6.56. The number of sulfonamides is 1. The van der Waals surface area contributed by atoms with Gasteiger partial charge in [-0.15, -0.1) is 0 Å². The predicted octanol–water partition coefficient (Wildman–Crippen LogP) is 2.50. The molecule has 1 aliphatic heterocycles. The molecule has 0 unspecified atom stereocenters. The van der Waals surface area contributed by atoms with Gasteiger partial charge in [-0.05, 0) is 31.6 Å². The van der Waals surface area contributed by atoms with Gasteiger partial charge in [0.1, 0.15) is 0 Å². The van der Waals surface area contributed by atoms with E-state index in [1.165, 1.54) is 4.31 Å². The number of hydrogen-bond acceptors (Lipinski definition) is 2. The fourth-order valence-electron chi connectivity index (χ4n) is 1.88. The van der Waals surface area contributed by atoms with Gasteiger partial charge in [0.25, 0.3) is 0 Å². The third kappa shape index (κ3) is 2.40. The minimum atomic E-state index is -3.38. The monoisotopic (exact) mass is 263 g/mol. The van der Waals surface area contributed by atoms with Gasteiger partial charge in [-0.25, -0.2) is 8.42 Å². The first-order valence-corrected chi connectivity index (χ1v) is 7.27. The van der Waals surface area contributed by atoms with Gasteiger partial charge < -0.3 is 0 Å². The number of aryl methyl sites for hydroxylation is 1. The lowest BCUT2D eigenvalue weighted by atomic mass is 10.1. The predicted molar refractivity (Wildman–Crippen MR) is 72.8 cm³/mol. The van der Waals surface area contributed by atoms with E-state index in [9.17, 15) is 8.42 Å². The summed E-state index contributed by atoms with van der Waals surface area (Å²) in [5, 5.41) is 0. The van der Waals surface area contributed by atoms with Gasteiger partial charge in [-0.1, -0.05) is 35.9 Å². The van der Waals surface area contributed by atoms with E-state index in [-0.39, 0.29) is 0 Å². The first kappa shape index (κ1) is 13.1. The summed E-state index contributed by atoms with van der Waals surface area (Å²) in [6.45, 7) is 8.53. The largest absolute Gasteiger partial charge is 0.243 e. The standard InChI is InChI=1S/C14H17NO2S/c1-11(2)13-8-9-15(10-13)18(16,17)14-6-4-12(3)5-7-14/h4-8H,1,9-10H2,2-3H3. The molecule has 0 saturated carbocycles. The zero-order valence-corrected chi connectivity index (χ0v) is 11.5. The third-order valence-electron chi connectivity index (χ3n) is 3.09. The Hall–Kier alpha value is -1.39. The maximum atomic E-state index is 12.4. The molecule has 18 heavy (non-hydrogen) atoms. The minimum absolute atomic E-state index is 0.351. The van der Waals surface area contributed by atoms with E-state index in [1.807, 2.05) is 32.1 Å². The maximum absolute atomic E-state index is 12.4. The molecule has 1 aliphatic rings. The van der Waals surface area contributed by atoms with Crippen LogP contribution in [0.4, 0.5) is 0 Å². The molecule has 0 bridgehead atoms. The molecule has 0 amide bonds. The normalized spacial score (nSPS) is 16.7. The summed E-state index contributed by atoms with van der Waals surface area (Å²) in [6, 6.07) is 6.94. The molecule has 3 nitrogen and oxygen atoms in total. The van der Waals surface area contributed by atoms with Crippen molar-refractivity contribution in [2.45, 2.75) is 18.7 Å². The number of nitrogens with zero attached hydrogens (tertiary/aromatic N) is 1. The van der Waals surface area contributed by atoms with E-state index >= 15 is 0 Å². The Morgan fingerprint density at radius 1 is 1.28 bits per heavy atom. The first-order chi connectivity index (χ1) is 8.41. The molecule has 0 aromatic heterocycles. The van der Waals surface area contributed by atoms with Crippen molar-refractivity contribution in [3.63, 3.8) is 0 Å². The van der Waals surface area contributed by atoms with Crippen LogP contribution < -0.4 is 0 Å². The van der Waals surface area contributed by atoms with Gasteiger partial charge in [-0.3, -0.25) is 0 Å². The van der Waals surface area contributed by atoms with Crippen LogP contribution in [0.25, 0.3) is 0 Å². The summed E-state index contributed by atoms with van der Waals surface area (Å²) in [5.74, 6) is 0. The summed E-state index contributed by atoms with van der Waals surface area (Å²) in [7, 11) is -3.38. The molecule has 0 radical (unpaired) electrons.